The number of rotatable bonds is 9. The molecule has 0 aliphatic heterocycles. The van der Waals surface area contributed by atoms with Crippen molar-refractivity contribution in [2.24, 2.45) is 0 Å². The summed E-state index contributed by atoms with van der Waals surface area (Å²) in [4.78, 5) is 3.95. The summed E-state index contributed by atoms with van der Waals surface area (Å²) in [5.74, 6) is 0.766. The fourth-order valence-electron chi connectivity index (χ4n) is 1.22. The van der Waals surface area contributed by atoms with E-state index in [-0.39, 0.29) is 12.4 Å². The number of aromatic nitrogens is 3. The van der Waals surface area contributed by atoms with Gasteiger partial charge in [-0.05, 0) is 13.3 Å². The second kappa shape index (κ2) is 7.36. The predicted molar refractivity (Wildman–Crippen MR) is 63.0 cm³/mol. The van der Waals surface area contributed by atoms with Crippen LogP contribution in [0.25, 0.3) is 0 Å². The molecule has 1 rings (SSSR count). The second-order valence-corrected chi connectivity index (χ2v) is 5.37. The first kappa shape index (κ1) is 14.1. The number of ether oxygens (including phenoxy) is 1. The van der Waals surface area contributed by atoms with Gasteiger partial charge in [-0.3, -0.25) is 5.10 Å². The highest BCUT2D eigenvalue weighted by molar-refractivity contribution is 7.89. The Hall–Kier alpha value is -0.990. The van der Waals surface area contributed by atoms with Gasteiger partial charge in [0.1, 0.15) is 12.2 Å². The van der Waals surface area contributed by atoms with Crippen molar-refractivity contribution in [1.29, 1.82) is 0 Å². The fourth-order valence-corrected chi connectivity index (χ4v) is 2.16. The lowest BCUT2D eigenvalue weighted by atomic mass is 10.3. The first-order chi connectivity index (χ1) is 8.14. The molecule has 1 aromatic rings. The molecule has 0 radical (unpaired) electrons. The predicted octanol–water partition coefficient (Wildman–Crippen LogP) is -0.307. The van der Waals surface area contributed by atoms with E-state index in [0.717, 1.165) is 5.82 Å². The van der Waals surface area contributed by atoms with Crippen molar-refractivity contribution in [3.05, 3.63) is 12.2 Å². The van der Waals surface area contributed by atoms with Gasteiger partial charge in [0.05, 0.1) is 12.4 Å². The monoisotopic (exact) mass is 262 g/mol. The zero-order valence-corrected chi connectivity index (χ0v) is 10.7. The van der Waals surface area contributed by atoms with Gasteiger partial charge >= 0.3 is 0 Å². The van der Waals surface area contributed by atoms with Crippen LogP contribution in [0.2, 0.25) is 0 Å². The molecule has 0 saturated heterocycles. The van der Waals surface area contributed by atoms with Gasteiger partial charge in [0.25, 0.3) is 0 Å². The van der Waals surface area contributed by atoms with E-state index in [1.807, 2.05) is 6.92 Å². The standard InChI is InChI=1S/C9H18N4O3S/c1-2-16-6-7-17(14,15)12-5-3-4-9-10-8-11-13-9/h8,12H,2-7H2,1H3,(H,10,11,13). The summed E-state index contributed by atoms with van der Waals surface area (Å²) in [5, 5.41) is 6.43. The molecule has 1 heterocycles. The SMILES string of the molecule is CCOCCS(=O)(=O)NCCCc1ncn[nH]1. The summed E-state index contributed by atoms with van der Waals surface area (Å²) < 4.78 is 30.4. The molecule has 0 fully saturated rings. The minimum Gasteiger partial charge on any atom is -0.381 e. The van der Waals surface area contributed by atoms with E-state index in [0.29, 0.717) is 26.0 Å². The summed E-state index contributed by atoms with van der Waals surface area (Å²) in [6, 6.07) is 0. The highest BCUT2D eigenvalue weighted by Crippen LogP contribution is 1.93. The number of hydrogen-bond donors (Lipinski definition) is 2. The van der Waals surface area contributed by atoms with Gasteiger partial charge in [0.15, 0.2) is 0 Å². The Labute approximate surface area is 101 Å². The lowest BCUT2D eigenvalue weighted by Crippen LogP contribution is -2.29. The zero-order valence-electron chi connectivity index (χ0n) is 9.85. The van der Waals surface area contributed by atoms with Crippen molar-refractivity contribution >= 4 is 10.0 Å². The molecule has 0 saturated carbocycles. The molecule has 0 bridgehead atoms. The van der Waals surface area contributed by atoms with Crippen LogP contribution in [0.1, 0.15) is 19.2 Å². The summed E-state index contributed by atoms with van der Waals surface area (Å²) in [5.41, 5.74) is 0. The van der Waals surface area contributed by atoms with Crippen LogP contribution in [0.15, 0.2) is 6.33 Å². The maximum atomic E-state index is 11.4. The second-order valence-electron chi connectivity index (χ2n) is 3.45. The van der Waals surface area contributed by atoms with Crippen molar-refractivity contribution in [3.8, 4) is 0 Å². The number of aromatic amines is 1. The Kier molecular flexibility index (Phi) is 6.09. The van der Waals surface area contributed by atoms with E-state index >= 15 is 0 Å². The number of nitrogens with zero attached hydrogens (tertiary/aromatic N) is 2. The van der Waals surface area contributed by atoms with Crippen LogP contribution < -0.4 is 4.72 Å². The molecule has 0 atom stereocenters. The largest absolute Gasteiger partial charge is 0.381 e. The van der Waals surface area contributed by atoms with Gasteiger partial charge < -0.3 is 4.74 Å². The number of hydrogen-bond acceptors (Lipinski definition) is 5. The van der Waals surface area contributed by atoms with Crippen molar-refractivity contribution in [3.63, 3.8) is 0 Å². The van der Waals surface area contributed by atoms with Crippen LogP contribution in [0.4, 0.5) is 0 Å². The van der Waals surface area contributed by atoms with E-state index in [2.05, 4.69) is 19.9 Å². The van der Waals surface area contributed by atoms with Gasteiger partial charge in [0, 0.05) is 19.6 Å². The quantitative estimate of drug-likeness (QED) is 0.595. The molecule has 1 aromatic heterocycles. The molecule has 0 aromatic carbocycles. The number of H-pyrrole nitrogens is 1. The number of aryl methyl sites for hydroxylation is 1. The van der Waals surface area contributed by atoms with Gasteiger partial charge in [-0.15, -0.1) is 0 Å². The zero-order chi connectivity index (χ0) is 12.6. The van der Waals surface area contributed by atoms with Gasteiger partial charge in [0.2, 0.25) is 10.0 Å². The van der Waals surface area contributed by atoms with Crippen molar-refractivity contribution in [2.75, 3.05) is 25.5 Å². The Morgan fingerprint density at radius 2 is 2.35 bits per heavy atom. The van der Waals surface area contributed by atoms with Crippen LogP contribution in [-0.4, -0.2) is 49.1 Å². The number of sulfonamides is 1. The topological polar surface area (TPSA) is 97.0 Å². The third kappa shape index (κ3) is 6.35. The lowest BCUT2D eigenvalue weighted by Gasteiger charge is -2.05. The molecule has 0 amide bonds. The van der Waals surface area contributed by atoms with Gasteiger partial charge in [-0.25, -0.2) is 18.1 Å². The van der Waals surface area contributed by atoms with E-state index in [1.54, 1.807) is 0 Å². The van der Waals surface area contributed by atoms with Crippen molar-refractivity contribution < 1.29 is 13.2 Å². The first-order valence-corrected chi connectivity index (χ1v) is 7.18. The first-order valence-electron chi connectivity index (χ1n) is 5.53. The highest BCUT2D eigenvalue weighted by atomic mass is 32.2. The highest BCUT2D eigenvalue weighted by Gasteiger charge is 2.08. The van der Waals surface area contributed by atoms with E-state index in [4.69, 9.17) is 4.74 Å². The molecule has 17 heavy (non-hydrogen) atoms. The van der Waals surface area contributed by atoms with E-state index < -0.39 is 10.0 Å². The minimum atomic E-state index is -3.22. The van der Waals surface area contributed by atoms with Crippen LogP contribution >= 0.6 is 0 Å². The van der Waals surface area contributed by atoms with Crippen LogP contribution in [0.5, 0.6) is 0 Å². The molecule has 7 nitrogen and oxygen atoms in total. The average molecular weight is 262 g/mol. The molecule has 8 heteroatoms. The maximum Gasteiger partial charge on any atom is 0.213 e. The fraction of sp³-hybridized carbons (Fsp3) is 0.778. The maximum absolute atomic E-state index is 11.4. The smallest absolute Gasteiger partial charge is 0.213 e. The average Bonchev–Trinajstić information content (AvgIpc) is 2.77. The Morgan fingerprint density at radius 3 is 3.00 bits per heavy atom. The van der Waals surface area contributed by atoms with Crippen molar-refractivity contribution in [2.45, 2.75) is 19.8 Å². The van der Waals surface area contributed by atoms with Crippen molar-refractivity contribution in [1.82, 2.24) is 19.9 Å². The third-order valence-corrected chi connectivity index (χ3v) is 3.43. The summed E-state index contributed by atoms with van der Waals surface area (Å²) in [7, 11) is -3.22. The van der Waals surface area contributed by atoms with Crippen LogP contribution in [-0.2, 0) is 21.2 Å². The lowest BCUT2D eigenvalue weighted by molar-refractivity contribution is 0.163. The molecule has 98 valence electrons. The molecule has 0 aliphatic rings. The molecular formula is C9H18N4O3S. The Bertz CT molecular complexity index is 390. The third-order valence-electron chi connectivity index (χ3n) is 2.08. The Balaban J connectivity index is 2.12. The molecule has 2 N–H and O–H groups in total. The van der Waals surface area contributed by atoms with E-state index in [1.165, 1.54) is 6.33 Å². The Morgan fingerprint density at radius 1 is 1.53 bits per heavy atom. The molecule has 0 unspecified atom stereocenters. The molecule has 0 spiro atoms. The van der Waals surface area contributed by atoms with Gasteiger partial charge in [-0.1, -0.05) is 0 Å². The number of nitrogens with one attached hydrogen (secondary N) is 2. The van der Waals surface area contributed by atoms with Crippen LogP contribution in [0.3, 0.4) is 0 Å². The summed E-state index contributed by atoms with van der Waals surface area (Å²) in [6.07, 6.45) is 2.79. The summed E-state index contributed by atoms with van der Waals surface area (Å²) >= 11 is 0. The minimum absolute atomic E-state index is 0.00312. The summed E-state index contributed by atoms with van der Waals surface area (Å²) in [6.45, 7) is 2.99. The van der Waals surface area contributed by atoms with E-state index in [9.17, 15) is 8.42 Å². The molecular weight excluding hydrogens is 244 g/mol. The van der Waals surface area contributed by atoms with Gasteiger partial charge in [-0.2, -0.15) is 5.10 Å². The van der Waals surface area contributed by atoms with Crippen LogP contribution in [0, 0.1) is 0 Å². The molecule has 0 aliphatic carbocycles. The normalized spacial score (nSPS) is 11.8.